The lowest BCUT2D eigenvalue weighted by Crippen LogP contribution is -2.11. The molecule has 0 bridgehead atoms. The van der Waals surface area contributed by atoms with Gasteiger partial charge in [0, 0.05) is 30.3 Å². The zero-order valence-electron chi connectivity index (χ0n) is 7.16. The van der Waals surface area contributed by atoms with E-state index in [9.17, 15) is 8.78 Å². The third-order valence-electron chi connectivity index (χ3n) is 3.47. The van der Waals surface area contributed by atoms with E-state index in [-0.39, 0.29) is 11.8 Å². The summed E-state index contributed by atoms with van der Waals surface area (Å²) < 4.78 is 27.8. The van der Waals surface area contributed by atoms with E-state index in [2.05, 4.69) is 4.57 Å². The second-order valence-corrected chi connectivity index (χ2v) is 4.14. The molecule has 2 atom stereocenters. The lowest BCUT2D eigenvalue weighted by atomic mass is 10.1. The summed E-state index contributed by atoms with van der Waals surface area (Å²) in [5.41, 5.74) is 0. The first-order valence-electron chi connectivity index (χ1n) is 4.70. The fraction of sp³-hybridized carbons (Fsp3) is 0.600. The molecular weight excluding hydrogens is 172 g/mol. The van der Waals surface area contributed by atoms with Crippen LogP contribution in [0.3, 0.4) is 0 Å². The Morgan fingerprint density at radius 3 is 2.15 bits per heavy atom. The number of halogens is 2. The first-order valence-corrected chi connectivity index (χ1v) is 4.70. The Hall–Kier alpha value is -0.860. The van der Waals surface area contributed by atoms with Gasteiger partial charge in [-0.05, 0) is 25.0 Å². The largest absolute Gasteiger partial charge is 0.351 e. The van der Waals surface area contributed by atoms with Crippen molar-refractivity contribution in [1.29, 1.82) is 0 Å². The molecule has 0 N–H and O–H groups in total. The van der Waals surface area contributed by atoms with E-state index < -0.39 is 5.92 Å². The van der Waals surface area contributed by atoms with Gasteiger partial charge in [0.1, 0.15) is 0 Å². The molecule has 2 fully saturated rings. The molecule has 1 heterocycles. The van der Waals surface area contributed by atoms with Crippen LogP contribution in [-0.2, 0) is 0 Å². The number of alkyl halides is 2. The van der Waals surface area contributed by atoms with E-state index in [1.807, 2.05) is 24.5 Å². The summed E-state index contributed by atoms with van der Waals surface area (Å²) in [6, 6.07) is 4.22. The number of fused-ring (bicyclic) bond motifs is 1. The molecule has 3 rings (SSSR count). The molecule has 2 aliphatic rings. The Morgan fingerprint density at radius 1 is 1.08 bits per heavy atom. The maximum Gasteiger partial charge on any atom is 0.254 e. The summed E-state index contributed by atoms with van der Waals surface area (Å²) in [4.78, 5) is 0. The van der Waals surface area contributed by atoms with Gasteiger partial charge in [-0.25, -0.2) is 8.78 Å². The highest BCUT2D eigenvalue weighted by Crippen LogP contribution is 2.66. The predicted octanol–water partition coefficient (Wildman–Crippen LogP) is 2.70. The van der Waals surface area contributed by atoms with Gasteiger partial charge in [-0.2, -0.15) is 0 Å². The molecule has 70 valence electrons. The molecule has 2 unspecified atom stereocenters. The molecule has 0 radical (unpaired) electrons. The molecule has 0 aliphatic heterocycles. The van der Waals surface area contributed by atoms with Gasteiger partial charge in [-0.1, -0.05) is 0 Å². The van der Waals surface area contributed by atoms with Gasteiger partial charge in [0.15, 0.2) is 0 Å². The topological polar surface area (TPSA) is 4.93 Å². The van der Waals surface area contributed by atoms with Crippen LogP contribution in [0.1, 0.15) is 18.9 Å². The van der Waals surface area contributed by atoms with Crippen LogP contribution in [0.25, 0.3) is 0 Å². The number of rotatable bonds is 1. The van der Waals surface area contributed by atoms with Crippen molar-refractivity contribution >= 4 is 0 Å². The fourth-order valence-electron chi connectivity index (χ4n) is 2.62. The lowest BCUT2D eigenvalue weighted by molar-refractivity contribution is 0.0648. The van der Waals surface area contributed by atoms with Gasteiger partial charge in [-0.3, -0.25) is 0 Å². The van der Waals surface area contributed by atoms with Gasteiger partial charge >= 0.3 is 0 Å². The highest BCUT2D eigenvalue weighted by Gasteiger charge is 2.71. The maximum absolute atomic E-state index is 12.8. The maximum atomic E-state index is 12.8. The van der Waals surface area contributed by atoms with Crippen molar-refractivity contribution in [3.05, 3.63) is 24.5 Å². The van der Waals surface area contributed by atoms with Crippen LogP contribution in [0.4, 0.5) is 8.78 Å². The Labute approximate surface area is 75.4 Å². The van der Waals surface area contributed by atoms with Crippen LogP contribution in [-0.4, -0.2) is 10.5 Å². The van der Waals surface area contributed by atoms with Crippen LogP contribution in [0.15, 0.2) is 24.5 Å². The standard InChI is InChI=1S/C10H11F2N/c11-10(12)8-5-7(6-9(8)10)13-3-1-2-4-13/h1-4,7-9H,5-6H2. The zero-order valence-corrected chi connectivity index (χ0v) is 7.16. The molecular formula is C10H11F2N. The van der Waals surface area contributed by atoms with E-state index >= 15 is 0 Å². The summed E-state index contributed by atoms with van der Waals surface area (Å²) >= 11 is 0. The number of aromatic nitrogens is 1. The molecule has 2 aliphatic carbocycles. The van der Waals surface area contributed by atoms with E-state index in [1.165, 1.54) is 0 Å². The summed E-state index contributed by atoms with van der Waals surface area (Å²) in [5, 5.41) is 0. The quantitative estimate of drug-likeness (QED) is 0.630. The first-order chi connectivity index (χ1) is 6.19. The molecule has 3 heteroatoms. The zero-order chi connectivity index (χ0) is 9.05. The average molecular weight is 183 g/mol. The number of hydrogen-bond donors (Lipinski definition) is 0. The summed E-state index contributed by atoms with van der Waals surface area (Å²) in [6.45, 7) is 0. The third-order valence-corrected chi connectivity index (χ3v) is 3.47. The molecule has 13 heavy (non-hydrogen) atoms. The van der Waals surface area contributed by atoms with Gasteiger partial charge in [0.2, 0.25) is 0 Å². The van der Waals surface area contributed by atoms with E-state index in [4.69, 9.17) is 0 Å². The van der Waals surface area contributed by atoms with Crippen molar-refractivity contribution < 1.29 is 8.78 Å². The average Bonchev–Trinajstić information content (AvgIpc) is 2.64. The minimum absolute atomic E-state index is 0.320. The Balaban J connectivity index is 1.75. The van der Waals surface area contributed by atoms with Crippen LogP contribution in [0.2, 0.25) is 0 Å². The summed E-state index contributed by atoms with van der Waals surface area (Å²) in [6.07, 6.45) is 5.25. The van der Waals surface area contributed by atoms with Crippen LogP contribution < -0.4 is 0 Å². The monoisotopic (exact) mass is 183 g/mol. The van der Waals surface area contributed by atoms with Gasteiger partial charge < -0.3 is 4.57 Å². The minimum Gasteiger partial charge on any atom is -0.351 e. The van der Waals surface area contributed by atoms with Crippen LogP contribution in [0, 0.1) is 11.8 Å². The predicted molar refractivity (Wildman–Crippen MR) is 44.6 cm³/mol. The molecule has 0 spiro atoms. The molecule has 1 nitrogen and oxygen atoms in total. The molecule has 1 aromatic rings. The Bertz CT molecular complexity index is 304. The summed E-state index contributed by atoms with van der Waals surface area (Å²) in [5.74, 6) is -2.97. The molecule has 0 amide bonds. The van der Waals surface area contributed by atoms with Crippen molar-refractivity contribution in [3.8, 4) is 0 Å². The van der Waals surface area contributed by atoms with E-state index in [0.717, 1.165) is 0 Å². The minimum atomic E-state index is -2.33. The van der Waals surface area contributed by atoms with E-state index in [0.29, 0.717) is 18.9 Å². The van der Waals surface area contributed by atoms with E-state index in [1.54, 1.807) is 0 Å². The molecule has 1 aromatic heterocycles. The normalized spacial score (nSPS) is 40.3. The van der Waals surface area contributed by atoms with Crippen molar-refractivity contribution in [3.63, 3.8) is 0 Å². The van der Waals surface area contributed by atoms with Crippen molar-refractivity contribution in [2.75, 3.05) is 0 Å². The molecule has 2 saturated carbocycles. The van der Waals surface area contributed by atoms with Crippen molar-refractivity contribution in [2.24, 2.45) is 11.8 Å². The Kier molecular flexibility index (Phi) is 1.24. The van der Waals surface area contributed by atoms with Crippen molar-refractivity contribution in [1.82, 2.24) is 4.57 Å². The van der Waals surface area contributed by atoms with Crippen LogP contribution in [0.5, 0.6) is 0 Å². The fourth-order valence-corrected chi connectivity index (χ4v) is 2.62. The second kappa shape index (κ2) is 2.14. The van der Waals surface area contributed by atoms with Crippen molar-refractivity contribution in [2.45, 2.75) is 24.8 Å². The number of hydrogen-bond acceptors (Lipinski definition) is 0. The first kappa shape index (κ1) is 7.54. The van der Waals surface area contributed by atoms with Gasteiger partial charge in [0.25, 0.3) is 5.92 Å². The third kappa shape index (κ3) is 0.901. The van der Waals surface area contributed by atoms with Crippen LogP contribution >= 0.6 is 0 Å². The lowest BCUT2D eigenvalue weighted by Gasteiger charge is -2.15. The second-order valence-electron chi connectivity index (χ2n) is 4.14. The molecule has 0 aromatic carbocycles. The Morgan fingerprint density at radius 2 is 1.62 bits per heavy atom. The highest BCUT2D eigenvalue weighted by atomic mass is 19.3. The number of nitrogens with zero attached hydrogens (tertiary/aromatic N) is 1. The smallest absolute Gasteiger partial charge is 0.254 e. The highest BCUT2D eigenvalue weighted by molar-refractivity contribution is 5.13. The molecule has 0 saturated heterocycles. The summed E-state index contributed by atoms with van der Waals surface area (Å²) in [7, 11) is 0. The van der Waals surface area contributed by atoms with Gasteiger partial charge in [-0.15, -0.1) is 0 Å². The SMILES string of the molecule is FC1(F)C2CC(n3cccc3)CC21. The van der Waals surface area contributed by atoms with Gasteiger partial charge in [0.05, 0.1) is 0 Å².